The Hall–Kier alpha value is -1.88. The second-order valence-electron chi connectivity index (χ2n) is 4.74. The van der Waals surface area contributed by atoms with Crippen molar-refractivity contribution in [3.8, 4) is 0 Å². The Morgan fingerprint density at radius 1 is 1.26 bits per heavy atom. The summed E-state index contributed by atoms with van der Waals surface area (Å²) in [7, 11) is 0. The fourth-order valence-electron chi connectivity index (χ4n) is 2.57. The topological polar surface area (TPSA) is 47.1 Å². The van der Waals surface area contributed by atoms with Crippen LogP contribution < -0.4 is 10.6 Å². The normalized spacial score (nSPS) is 14.5. The summed E-state index contributed by atoms with van der Waals surface area (Å²) in [5.41, 5.74) is 8.44. The third kappa shape index (κ3) is 2.21. The maximum absolute atomic E-state index is 13.8. The third-order valence-corrected chi connectivity index (χ3v) is 3.56. The molecule has 1 aliphatic rings. The molecule has 0 fully saturated rings. The maximum Gasteiger partial charge on any atom is 0.146 e. The minimum absolute atomic E-state index is 0.171. The van der Waals surface area contributed by atoms with Crippen molar-refractivity contribution < 1.29 is 4.39 Å². The summed E-state index contributed by atoms with van der Waals surface area (Å²) in [6, 6.07) is 6.91. The first-order valence-electron chi connectivity index (χ1n) is 6.52. The van der Waals surface area contributed by atoms with Gasteiger partial charge in [0.2, 0.25) is 0 Å². The quantitative estimate of drug-likeness (QED) is 0.910. The van der Waals surface area contributed by atoms with Crippen LogP contribution in [-0.4, -0.2) is 22.6 Å². The number of hydrogen-bond acceptors (Lipinski definition) is 3. The van der Waals surface area contributed by atoms with E-state index in [9.17, 15) is 4.39 Å². The molecular formula is C14H17FN4. The van der Waals surface area contributed by atoms with Crippen molar-refractivity contribution in [2.75, 3.05) is 18.0 Å². The summed E-state index contributed by atoms with van der Waals surface area (Å²) >= 11 is 0. The Balaban J connectivity index is 1.89. The molecule has 2 aromatic rings. The largest absolute Gasteiger partial charge is 0.361 e. The van der Waals surface area contributed by atoms with Crippen molar-refractivity contribution in [2.24, 2.45) is 5.73 Å². The van der Waals surface area contributed by atoms with E-state index in [0.29, 0.717) is 18.8 Å². The van der Waals surface area contributed by atoms with Gasteiger partial charge in [0.25, 0.3) is 0 Å². The van der Waals surface area contributed by atoms with Crippen LogP contribution in [0.5, 0.6) is 0 Å². The molecule has 0 aliphatic carbocycles. The van der Waals surface area contributed by atoms with E-state index >= 15 is 0 Å². The van der Waals surface area contributed by atoms with Crippen LogP contribution in [0.4, 0.5) is 10.1 Å². The van der Waals surface area contributed by atoms with Gasteiger partial charge < -0.3 is 15.2 Å². The summed E-state index contributed by atoms with van der Waals surface area (Å²) in [6.45, 7) is 2.91. The fraction of sp³-hybridized carbons (Fsp3) is 0.357. The zero-order valence-corrected chi connectivity index (χ0v) is 10.7. The van der Waals surface area contributed by atoms with E-state index in [2.05, 4.69) is 14.5 Å². The number of benzene rings is 1. The minimum Gasteiger partial charge on any atom is -0.361 e. The molecule has 3 rings (SSSR count). The minimum atomic E-state index is -0.171. The SMILES string of the molecule is NCCc1ncn2c1CN(c1ccccc1F)CC2. The molecule has 5 heteroatoms. The van der Waals surface area contributed by atoms with Gasteiger partial charge in [-0.25, -0.2) is 9.37 Å². The Morgan fingerprint density at radius 3 is 2.89 bits per heavy atom. The molecule has 0 saturated carbocycles. The van der Waals surface area contributed by atoms with Gasteiger partial charge in [0.1, 0.15) is 5.82 Å². The highest BCUT2D eigenvalue weighted by atomic mass is 19.1. The molecule has 4 nitrogen and oxygen atoms in total. The Kier molecular flexibility index (Phi) is 3.21. The number of anilines is 1. The molecule has 2 N–H and O–H groups in total. The third-order valence-electron chi connectivity index (χ3n) is 3.56. The van der Waals surface area contributed by atoms with Gasteiger partial charge >= 0.3 is 0 Å². The number of imidazole rings is 1. The molecule has 100 valence electrons. The lowest BCUT2D eigenvalue weighted by molar-refractivity contribution is 0.550. The van der Waals surface area contributed by atoms with E-state index < -0.39 is 0 Å². The second-order valence-corrected chi connectivity index (χ2v) is 4.74. The number of rotatable bonds is 3. The van der Waals surface area contributed by atoms with Gasteiger partial charge in [-0.15, -0.1) is 0 Å². The summed E-state index contributed by atoms with van der Waals surface area (Å²) < 4.78 is 16.0. The van der Waals surface area contributed by atoms with E-state index in [-0.39, 0.29) is 5.82 Å². The maximum atomic E-state index is 13.8. The van der Waals surface area contributed by atoms with E-state index in [1.54, 1.807) is 6.07 Å². The molecule has 0 spiro atoms. The monoisotopic (exact) mass is 260 g/mol. The van der Waals surface area contributed by atoms with Crippen LogP contribution in [0.2, 0.25) is 0 Å². The zero-order valence-electron chi connectivity index (χ0n) is 10.7. The van der Waals surface area contributed by atoms with Gasteiger partial charge in [0.15, 0.2) is 0 Å². The van der Waals surface area contributed by atoms with Crippen molar-refractivity contribution in [2.45, 2.75) is 19.5 Å². The standard InChI is InChI=1S/C14H17FN4/c15-11-3-1-2-4-13(11)18-7-8-19-10-17-12(5-6-16)14(19)9-18/h1-4,10H,5-9,16H2. The van der Waals surface area contributed by atoms with E-state index in [0.717, 1.165) is 30.9 Å². The molecule has 0 saturated heterocycles. The number of halogens is 1. The van der Waals surface area contributed by atoms with Crippen LogP contribution in [0.1, 0.15) is 11.4 Å². The van der Waals surface area contributed by atoms with Crippen molar-refractivity contribution in [3.05, 3.63) is 47.8 Å². The fourth-order valence-corrected chi connectivity index (χ4v) is 2.57. The van der Waals surface area contributed by atoms with Crippen LogP contribution in [-0.2, 0) is 19.5 Å². The first kappa shape index (κ1) is 12.2. The summed E-state index contributed by atoms with van der Waals surface area (Å²) in [5.74, 6) is -0.171. The van der Waals surface area contributed by atoms with Gasteiger partial charge in [0.05, 0.1) is 29.9 Å². The molecule has 1 aliphatic heterocycles. The second kappa shape index (κ2) is 5.01. The molecule has 1 aromatic heterocycles. The molecule has 1 aromatic carbocycles. The highest BCUT2D eigenvalue weighted by Crippen LogP contribution is 2.25. The summed E-state index contributed by atoms with van der Waals surface area (Å²) in [4.78, 5) is 6.46. The van der Waals surface area contributed by atoms with Gasteiger partial charge in [-0.1, -0.05) is 12.1 Å². The van der Waals surface area contributed by atoms with Crippen LogP contribution in [0.25, 0.3) is 0 Å². The average Bonchev–Trinajstić information content (AvgIpc) is 2.82. The summed E-state index contributed by atoms with van der Waals surface area (Å²) in [6.07, 6.45) is 2.63. The Morgan fingerprint density at radius 2 is 2.11 bits per heavy atom. The average molecular weight is 260 g/mol. The van der Waals surface area contributed by atoms with E-state index in [1.165, 1.54) is 6.07 Å². The van der Waals surface area contributed by atoms with Gasteiger partial charge in [0, 0.05) is 19.5 Å². The highest BCUT2D eigenvalue weighted by molar-refractivity contribution is 5.48. The molecule has 0 amide bonds. The van der Waals surface area contributed by atoms with Crippen molar-refractivity contribution in [1.82, 2.24) is 9.55 Å². The van der Waals surface area contributed by atoms with Crippen molar-refractivity contribution >= 4 is 5.69 Å². The van der Waals surface area contributed by atoms with E-state index in [4.69, 9.17) is 5.73 Å². The molecule has 19 heavy (non-hydrogen) atoms. The predicted octanol–water partition coefficient (Wildman–Crippen LogP) is 1.54. The smallest absolute Gasteiger partial charge is 0.146 e. The number of para-hydroxylation sites is 1. The number of nitrogens with two attached hydrogens (primary N) is 1. The number of hydrogen-bond donors (Lipinski definition) is 1. The van der Waals surface area contributed by atoms with Gasteiger partial charge in [-0.05, 0) is 18.7 Å². The number of nitrogens with zero attached hydrogens (tertiary/aromatic N) is 3. The Bertz CT molecular complexity index is 579. The van der Waals surface area contributed by atoms with Crippen molar-refractivity contribution in [3.63, 3.8) is 0 Å². The number of aromatic nitrogens is 2. The Labute approximate surface area is 111 Å². The molecule has 2 heterocycles. The molecule has 0 unspecified atom stereocenters. The lowest BCUT2D eigenvalue weighted by atomic mass is 10.2. The first-order valence-corrected chi connectivity index (χ1v) is 6.52. The molecule has 0 bridgehead atoms. The lowest BCUT2D eigenvalue weighted by Gasteiger charge is -2.30. The van der Waals surface area contributed by atoms with Gasteiger partial charge in [-0.3, -0.25) is 0 Å². The van der Waals surface area contributed by atoms with Crippen LogP contribution >= 0.6 is 0 Å². The lowest BCUT2D eigenvalue weighted by Crippen LogP contribution is -2.34. The van der Waals surface area contributed by atoms with E-state index in [1.807, 2.05) is 18.5 Å². The predicted molar refractivity (Wildman–Crippen MR) is 72.4 cm³/mol. The molecule has 0 atom stereocenters. The molecule has 0 radical (unpaired) electrons. The van der Waals surface area contributed by atoms with Crippen molar-refractivity contribution in [1.29, 1.82) is 0 Å². The summed E-state index contributed by atoms with van der Waals surface area (Å²) in [5, 5.41) is 0. The zero-order chi connectivity index (χ0) is 13.2. The first-order chi connectivity index (χ1) is 9.29. The molecular weight excluding hydrogens is 243 g/mol. The van der Waals surface area contributed by atoms with Crippen LogP contribution in [0, 0.1) is 5.82 Å². The van der Waals surface area contributed by atoms with Gasteiger partial charge in [-0.2, -0.15) is 0 Å². The number of fused-ring (bicyclic) bond motifs is 1. The van der Waals surface area contributed by atoms with Crippen LogP contribution in [0.3, 0.4) is 0 Å². The highest BCUT2D eigenvalue weighted by Gasteiger charge is 2.21. The van der Waals surface area contributed by atoms with Crippen LogP contribution in [0.15, 0.2) is 30.6 Å².